The second-order valence-corrected chi connectivity index (χ2v) is 6.65. The van der Waals surface area contributed by atoms with Gasteiger partial charge in [-0.25, -0.2) is 9.67 Å². The van der Waals surface area contributed by atoms with Crippen molar-refractivity contribution in [3.63, 3.8) is 0 Å². The Hall–Kier alpha value is -2.93. The number of carbonyl (C=O) groups excluding carboxylic acids is 2. The summed E-state index contributed by atoms with van der Waals surface area (Å²) >= 11 is 1.43. The Labute approximate surface area is 155 Å². The first-order chi connectivity index (χ1) is 12.6. The topological polar surface area (TPSA) is 76.9 Å². The zero-order valence-electron chi connectivity index (χ0n) is 14.3. The van der Waals surface area contributed by atoms with E-state index in [9.17, 15) is 9.59 Å². The van der Waals surface area contributed by atoms with Crippen LogP contribution in [0, 0.1) is 0 Å². The van der Waals surface area contributed by atoms with E-state index in [2.05, 4.69) is 15.4 Å². The molecule has 26 heavy (non-hydrogen) atoms. The second kappa shape index (κ2) is 8.44. The van der Waals surface area contributed by atoms with Crippen LogP contribution in [0.4, 0.5) is 5.69 Å². The maximum Gasteiger partial charge on any atom is 0.225 e. The van der Waals surface area contributed by atoms with E-state index in [4.69, 9.17) is 0 Å². The highest BCUT2D eigenvalue weighted by Gasteiger charge is 2.07. The van der Waals surface area contributed by atoms with Crippen LogP contribution in [0.2, 0.25) is 0 Å². The van der Waals surface area contributed by atoms with Crippen molar-refractivity contribution in [3.05, 3.63) is 66.5 Å². The lowest BCUT2D eigenvalue weighted by Gasteiger charge is -2.05. The van der Waals surface area contributed by atoms with Gasteiger partial charge in [0.15, 0.2) is 5.78 Å². The minimum atomic E-state index is -0.0874. The third-order valence-electron chi connectivity index (χ3n) is 3.63. The third kappa shape index (κ3) is 4.80. The van der Waals surface area contributed by atoms with Crippen LogP contribution in [0.3, 0.4) is 0 Å². The van der Waals surface area contributed by atoms with Gasteiger partial charge in [-0.05, 0) is 43.3 Å². The van der Waals surface area contributed by atoms with Gasteiger partial charge in [-0.1, -0.05) is 30.0 Å². The molecule has 0 unspecified atom stereocenters. The fourth-order valence-electron chi connectivity index (χ4n) is 2.27. The van der Waals surface area contributed by atoms with Crippen LogP contribution < -0.4 is 5.32 Å². The van der Waals surface area contributed by atoms with Crippen molar-refractivity contribution in [2.75, 3.05) is 11.1 Å². The number of hydrogen-bond acceptors (Lipinski definition) is 5. The minimum absolute atomic E-state index is 0.00159. The zero-order valence-corrected chi connectivity index (χ0v) is 15.1. The van der Waals surface area contributed by atoms with Crippen LogP contribution in [0.5, 0.6) is 0 Å². The van der Waals surface area contributed by atoms with Gasteiger partial charge in [-0.2, -0.15) is 0 Å². The molecule has 0 bridgehead atoms. The summed E-state index contributed by atoms with van der Waals surface area (Å²) in [4.78, 5) is 27.5. The van der Waals surface area contributed by atoms with Crippen molar-refractivity contribution in [1.29, 1.82) is 0 Å². The molecule has 0 aliphatic rings. The van der Waals surface area contributed by atoms with Gasteiger partial charge in [0.05, 0.1) is 5.69 Å². The van der Waals surface area contributed by atoms with E-state index < -0.39 is 0 Å². The molecule has 7 heteroatoms. The highest BCUT2D eigenvalue weighted by Crippen LogP contribution is 2.16. The molecular formula is C19H18N4O2S. The lowest BCUT2D eigenvalue weighted by Crippen LogP contribution is -2.12. The molecule has 0 saturated heterocycles. The molecule has 0 radical (unpaired) electrons. The monoisotopic (exact) mass is 366 g/mol. The van der Waals surface area contributed by atoms with Crippen LogP contribution in [-0.4, -0.2) is 32.2 Å². The summed E-state index contributed by atoms with van der Waals surface area (Å²) in [6, 6.07) is 16.6. The summed E-state index contributed by atoms with van der Waals surface area (Å²) in [5, 5.41) is 7.84. The summed E-state index contributed by atoms with van der Waals surface area (Å²) in [6.07, 6.45) is 2.01. The smallest absolute Gasteiger partial charge is 0.225 e. The molecule has 6 nitrogen and oxygen atoms in total. The van der Waals surface area contributed by atoms with Gasteiger partial charge < -0.3 is 5.32 Å². The number of rotatable bonds is 7. The number of nitrogens with one attached hydrogen (secondary N) is 1. The number of nitrogens with zero attached hydrogens (tertiary/aromatic N) is 3. The SMILES string of the molecule is CC(=O)c1ccc(NC(=O)CCSc2ncn(-c3ccccc3)n2)cc1. The highest BCUT2D eigenvalue weighted by atomic mass is 32.2. The number of ketones is 1. The normalized spacial score (nSPS) is 10.5. The molecule has 0 saturated carbocycles. The number of aromatic nitrogens is 3. The molecule has 1 N–H and O–H groups in total. The molecule has 0 aliphatic carbocycles. The van der Waals surface area contributed by atoms with E-state index in [0.29, 0.717) is 28.6 Å². The number of thioether (sulfide) groups is 1. The standard InChI is InChI=1S/C19H18N4O2S/c1-14(24)15-7-9-16(10-8-15)21-18(25)11-12-26-19-20-13-23(22-19)17-5-3-2-4-6-17/h2-10,13H,11-12H2,1H3,(H,21,25). The zero-order chi connectivity index (χ0) is 18.4. The predicted molar refractivity (Wildman–Crippen MR) is 102 cm³/mol. The number of anilines is 1. The number of hydrogen-bond donors (Lipinski definition) is 1. The average molecular weight is 366 g/mol. The van der Waals surface area contributed by atoms with Gasteiger partial charge in [0.2, 0.25) is 11.1 Å². The van der Waals surface area contributed by atoms with Gasteiger partial charge in [-0.3, -0.25) is 9.59 Å². The summed E-state index contributed by atoms with van der Waals surface area (Å²) in [5.41, 5.74) is 2.24. The summed E-state index contributed by atoms with van der Waals surface area (Å²) in [7, 11) is 0. The molecule has 132 valence electrons. The Kier molecular flexibility index (Phi) is 5.80. The average Bonchev–Trinajstić information content (AvgIpc) is 3.12. The summed E-state index contributed by atoms with van der Waals surface area (Å²) in [6.45, 7) is 1.51. The lowest BCUT2D eigenvalue weighted by atomic mass is 10.1. The van der Waals surface area contributed by atoms with Gasteiger partial charge in [-0.15, -0.1) is 5.10 Å². The third-order valence-corrected chi connectivity index (χ3v) is 4.48. The van der Waals surface area contributed by atoms with Gasteiger partial charge >= 0.3 is 0 Å². The fraction of sp³-hybridized carbons (Fsp3) is 0.158. The first kappa shape index (κ1) is 17.9. The quantitative estimate of drug-likeness (QED) is 0.511. The number of amides is 1. The number of Topliss-reactive ketones (excluding diaryl/α,β-unsaturated/α-hetero) is 1. The molecule has 0 atom stereocenters. The van der Waals surface area contributed by atoms with Crippen molar-refractivity contribution in [2.24, 2.45) is 0 Å². The van der Waals surface area contributed by atoms with E-state index in [-0.39, 0.29) is 11.7 Å². The lowest BCUT2D eigenvalue weighted by molar-refractivity contribution is -0.115. The van der Waals surface area contributed by atoms with Gasteiger partial charge in [0.1, 0.15) is 6.33 Å². The maximum atomic E-state index is 12.0. The van der Waals surface area contributed by atoms with E-state index in [0.717, 1.165) is 5.69 Å². The van der Waals surface area contributed by atoms with Crippen LogP contribution in [0.25, 0.3) is 5.69 Å². The van der Waals surface area contributed by atoms with Crippen molar-refractivity contribution in [1.82, 2.24) is 14.8 Å². The van der Waals surface area contributed by atoms with Crippen molar-refractivity contribution < 1.29 is 9.59 Å². The Morgan fingerprint density at radius 2 is 1.81 bits per heavy atom. The molecular weight excluding hydrogens is 348 g/mol. The number of para-hydroxylation sites is 1. The van der Waals surface area contributed by atoms with E-state index >= 15 is 0 Å². The van der Waals surface area contributed by atoms with E-state index in [1.165, 1.54) is 18.7 Å². The second-order valence-electron chi connectivity index (χ2n) is 5.59. The molecule has 1 amide bonds. The molecule has 1 heterocycles. The largest absolute Gasteiger partial charge is 0.326 e. The van der Waals surface area contributed by atoms with Gasteiger partial charge in [0.25, 0.3) is 0 Å². The van der Waals surface area contributed by atoms with E-state index in [1.54, 1.807) is 35.3 Å². The molecule has 3 aromatic rings. The molecule has 0 fully saturated rings. The summed E-state index contributed by atoms with van der Waals surface area (Å²) in [5.74, 6) is 0.494. The van der Waals surface area contributed by atoms with Crippen molar-refractivity contribution >= 4 is 29.1 Å². The Morgan fingerprint density at radius 3 is 2.50 bits per heavy atom. The maximum absolute atomic E-state index is 12.0. The Bertz CT molecular complexity index is 891. The molecule has 0 aliphatic heterocycles. The fourth-order valence-corrected chi connectivity index (χ4v) is 3.00. The first-order valence-corrected chi connectivity index (χ1v) is 9.11. The molecule has 2 aromatic carbocycles. The van der Waals surface area contributed by atoms with Gasteiger partial charge in [0, 0.05) is 23.4 Å². The molecule has 3 rings (SSSR count). The predicted octanol–water partition coefficient (Wildman–Crippen LogP) is 3.59. The number of benzene rings is 2. The van der Waals surface area contributed by atoms with Crippen molar-refractivity contribution in [2.45, 2.75) is 18.5 Å². The van der Waals surface area contributed by atoms with Crippen LogP contribution in [-0.2, 0) is 4.79 Å². The number of carbonyl (C=O) groups is 2. The van der Waals surface area contributed by atoms with Crippen LogP contribution in [0.15, 0.2) is 66.1 Å². The minimum Gasteiger partial charge on any atom is -0.326 e. The highest BCUT2D eigenvalue weighted by molar-refractivity contribution is 7.99. The van der Waals surface area contributed by atoms with Crippen LogP contribution >= 0.6 is 11.8 Å². The molecule has 1 aromatic heterocycles. The molecule has 0 spiro atoms. The summed E-state index contributed by atoms with van der Waals surface area (Å²) < 4.78 is 1.71. The van der Waals surface area contributed by atoms with E-state index in [1.807, 2.05) is 30.3 Å². The Morgan fingerprint density at radius 1 is 1.08 bits per heavy atom. The van der Waals surface area contributed by atoms with Crippen LogP contribution in [0.1, 0.15) is 23.7 Å². The Balaban J connectivity index is 1.46. The first-order valence-electron chi connectivity index (χ1n) is 8.12. The van der Waals surface area contributed by atoms with Crippen molar-refractivity contribution in [3.8, 4) is 5.69 Å².